The predicted octanol–water partition coefficient (Wildman–Crippen LogP) is 8.06. The van der Waals surface area contributed by atoms with Crippen molar-refractivity contribution in [3.8, 4) is 0 Å². The molecule has 322 valence electrons. The molecular weight excluding hydrogens is 729 g/mol. The van der Waals surface area contributed by atoms with Crippen LogP contribution in [0.4, 0.5) is 0 Å². The summed E-state index contributed by atoms with van der Waals surface area (Å²) in [5.74, 6) is -2.00. The van der Waals surface area contributed by atoms with Crippen molar-refractivity contribution in [1.82, 2.24) is 0 Å². The van der Waals surface area contributed by atoms with E-state index in [0.717, 1.165) is 77.0 Å². The molecule has 1 rings (SSSR count). The van der Waals surface area contributed by atoms with Gasteiger partial charge in [0, 0.05) is 12.8 Å². The summed E-state index contributed by atoms with van der Waals surface area (Å²) in [6, 6.07) is 0. The number of esters is 2. The Morgan fingerprint density at radius 2 is 1.04 bits per heavy atom. The Hall–Kier alpha value is -1.87. The first-order chi connectivity index (χ1) is 26.5. The van der Waals surface area contributed by atoms with Crippen molar-refractivity contribution >= 4 is 22.1 Å². The predicted molar refractivity (Wildman–Crippen MR) is 215 cm³/mol. The number of aliphatic hydroxyl groups is 3. The molecule has 12 nitrogen and oxygen atoms in total. The maximum atomic E-state index is 12.8. The first-order valence-electron chi connectivity index (χ1n) is 21.4. The molecule has 1 saturated heterocycles. The molecule has 1 heterocycles. The number of carbonyl (C=O) groups excluding carboxylic acids is 2. The highest BCUT2D eigenvalue weighted by atomic mass is 32.2. The lowest BCUT2D eigenvalue weighted by atomic mass is 10.00. The summed E-state index contributed by atoms with van der Waals surface area (Å²) in [4.78, 5) is 25.3. The molecule has 0 spiro atoms. The van der Waals surface area contributed by atoms with Gasteiger partial charge in [0.1, 0.15) is 36.8 Å². The van der Waals surface area contributed by atoms with E-state index in [4.69, 9.17) is 18.9 Å². The van der Waals surface area contributed by atoms with Gasteiger partial charge < -0.3 is 34.3 Å². The zero-order valence-corrected chi connectivity index (χ0v) is 34.9. The number of ether oxygens (including phenoxy) is 4. The van der Waals surface area contributed by atoms with Crippen molar-refractivity contribution in [2.45, 2.75) is 211 Å². The zero-order valence-electron chi connectivity index (χ0n) is 34.0. The van der Waals surface area contributed by atoms with Crippen molar-refractivity contribution in [3.63, 3.8) is 0 Å². The van der Waals surface area contributed by atoms with E-state index in [-0.39, 0.29) is 19.4 Å². The molecule has 0 bridgehead atoms. The number of allylic oxidation sites excluding steroid dienone is 4. The van der Waals surface area contributed by atoms with Gasteiger partial charge in [-0.2, -0.15) is 8.42 Å². The highest BCUT2D eigenvalue weighted by Gasteiger charge is 2.46. The largest absolute Gasteiger partial charge is 0.462 e. The third-order valence-corrected chi connectivity index (χ3v) is 10.5. The Morgan fingerprint density at radius 3 is 1.53 bits per heavy atom. The minimum absolute atomic E-state index is 0.154. The van der Waals surface area contributed by atoms with Crippen LogP contribution in [0, 0.1) is 0 Å². The van der Waals surface area contributed by atoms with Crippen LogP contribution in [-0.2, 0) is 38.7 Å². The smallest absolute Gasteiger partial charge is 0.306 e. The molecule has 6 atom stereocenters. The van der Waals surface area contributed by atoms with Crippen LogP contribution in [0.3, 0.4) is 0 Å². The van der Waals surface area contributed by atoms with E-state index in [2.05, 4.69) is 38.2 Å². The maximum Gasteiger partial charge on any atom is 0.306 e. The maximum absolute atomic E-state index is 12.8. The second kappa shape index (κ2) is 33.1. The van der Waals surface area contributed by atoms with Gasteiger partial charge in [0.2, 0.25) is 0 Å². The van der Waals surface area contributed by atoms with E-state index in [9.17, 15) is 37.9 Å². The number of rotatable bonds is 35. The fraction of sp³-hybridized carbons (Fsp3) is 0.857. The molecule has 6 unspecified atom stereocenters. The fourth-order valence-electron chi connectivity index (χ4n) is 6.37. The molecule has 0 amide bonds. The van der Waals surface area contributed by atoms with Crippen LogP contribution in [-0.4, -0.2) is 96.0 Å². The molecule has 0 aromatic carbocycles. The van der Waals surface area contributed by atoms with E-state index in [0.29, 0.717) is 12.8 Å². The van der Waals surface area contributed by atoms with E-state index in [1.165, 1.54) is 57.8 Å². The van der Waals surface area contributed by atoms with E-state index in [1.54, 1.807) is 0 Å². The van der Waals surface area contributed by atoms with Gasteiger partial charge in [-0.05, 0) is 64.2 Å². The van der Waals surface area contributed by atoms with Crippen LogP contribution >= 0.6 is 0 Å². The average Bonchev–Trinajstić information content (AvgIpc) is 3.14. The topological polar surface area (TPSA) is 186 Å². The quantitative estimate of drug-likeness (QED) is 0.0209. The number of carbonyl (C=O) groups is 2. The first kappa shape index (κ1) is 51.1. The number of unbranched alkanes of at least 4 members (excludes halogenated alkanes) is 19. The first-order valence-corrected chi connectivity index (χ1v) is 23.0. The Bertz CT molecular complexity index is 1130. The summed E-state index contributed by atoms with van der Waals surface area (Å²) < 4.78 is 53.9. The van der Waals surface area contributed by atoms with Crippen molar-refractivity contribution < 1.29 is 56.8 Å². The summed E-state index contributed by atoms with van der Waals surface area (Å²) in [5, 5.41) is 30.8. The van der Waals surface area contributed by atoms with Gasteiger partial charge >= 0.3 is 11.9 Å². The van der Waals surface area contributed by atoms with Crippen molar-refractivity contribution in [1.29, 1.82) is 0 Å². The third-order valence-electron chi connectivity index (χ3n) is 9.75. The minimum Gasteiger partial charge on any atom is -0.462 e. The summed E-state index contributed by atoms with van der Waals surface area (Å²) in [6.07, 6.45) is 25.1. The van der Waals surface area contributed by atoms with Crippen molar-refractivity contribution in [2.24, 2.45) is 0 Å². The lowest BCUT2D eigenvalue weighted by Gasteiger charge is -2.40. The lowest BCUT2D eigenvalue weighted by Crippen LogP contribution is -2.60. The van der Waals surface area contributed by atoms with Gasteiger partial charge in [-0.25, -0.2) is 0 Å². The Labute approximate surface area is 332 Å². The molecule has 0 radical (unpaired) electrons. The summed E-state index contributed by atoms with van der Waals surface area (Å²) >= 11 is 0. The lowest BCUT2D eigenvalue weighted by molar-refractivity contribution is -0.297. The van der Waals surface area contributed by atoms with E-state index in [1.807, 2.05) is 0 Å². The van der Waals surface area contributed by atoms with E-state index < -0.39 is 71.2 Å². The molecular formula is C42H76O12S. The Morgan fingerprint density at radius 1 is 0.600 bits per heavy atom. The zero-order chi connectivity index (χ0) is 40.6. The van der Waals surface area contributed by atoms with Crippen LogP contribution in [0.2, 0.25) is 0 Å². The second-order valence-electron chi connectivity index (χ2n) is 15.0. The van der Waals surface area contributed by atoms with E-state index >= 15 is 0 Å². The standard InChI is InChI=1S/C42H76O12S/c1-3-5-7-9-11-13-15-17-19-21-23-25-27-29-31-38(44)53-35(33-52-42-41(47)40(46)39(45)36(54-42)34-55(48,49)50)32-51-37(43)30-28-26-24-22-20-18-16-14-12-10-8-6-4-2/h14-17,35-36,39-42,45-47H,3-13,18-34H2,1-2H3,(H,48,49,50)/b16-14-,17-15-. The second-order valence-corrected chi connectivity index (χ2v) is 16.5. The van der Waals surface area contributed by atoms with Gasteiger partial charge in [0.25, 0.3) is 10.1 Å². The number of aliphatic hydroxyl groups excluding tert-OH is 3. The summed E-state index contributed by atoms with van der Waals surface area (Å²) in [6.45, 7) is 3.71. The van der Waals surface area contributed by atoms with Gasteiger partial charge in [0.15, 0.2) is 12.4 Å². The normalized spacial score (nSPS) is 21.0. The molecule has 0 aromatic rings. The monoisotopic (exact) mass is 805 g/mol. The van der Waals surface area contributed by atoms with Crippen molar-refractivity contribution in [2.75, 3.05) is 19.0 Å². The van der Waals surface area contributed by atoms with Crippen LogP contribution in [0.25, 0.3) is 0 Å². The molecule has 55 heavy (non-hydrogen) atoms. The van der Waals surface area contributed by atoms with Crippen LogP contribution in [0.1, 0.15) is 174 Å². The van der Waals surface area contributed by atoms with Crippen LogP contribution in [0.15, 0.2) is 24.3 Å². The van der Waals surface area contributed by atoms with Crippen LogP contribution in [0.5, 0.6) is 0 Å². The highest BCUT2D eigenvalue weighted by Crippen LogP contribution is 2.24. The Kier molecular flexibility index (Phi) is 30.8. The number of hydrogen-bond acceptors (Lipinski definition) is 11. The molecule has 13 heteroatoms. The molecule has 1 aliphatic rings. The van der Waals surface area contributed by atoms with Gasteiger partial charge in [0.05, 0.1) is 6.61 Å². The Balaban J connectivity index is 2.49. The summed E-state index contributed by atoms with van der Waals surface area (Å²) in [5.41, 5.74) is 0. The fourth-order valence-corrected chi connectivity index (χ4v) is 7.06. The minimum atomic E-state index is -4.60. The molecule has 0 saturated carbocycles. The van der Waals surface area contributed by atoms with Gasteiger partial charge in [-0.3, -0.25) is 14.1 Å². The molecule has 1 fully saturated rings. The van der Waals surface area contributed by atoms with Gasteiger partial charge in [-0.15, -0.1) is 0 Å². The molecule has 0 aliphatic carbocycles. The molecule has 0 aromatic heterocycles. The third kappa shape index (κ3) is 28.2. The average molecular weight is 805 g/mol. The van der Waals surface area contributed by atoms with Crippen LogP contribution < -0.4 is 0 Å². The SMILES string of the molecule is CCCCCC/C=C\CCCCCCCC(=O)OCC(COC1OC(CS(=O)(=O)O)C(O)C(O)C1O)OC(=O)CCCCCCC/C=C\CCCCCCC. The van der Waals surface area contributed by atoms with Crippen molar-refractivity contribution in [3.05, 3.63) is 24.3 Å². The number of hydrogen-bond donors (Lipinski definition) is 4. The van der Waals surface area contributed by atoms with Gasteiger partial charge in [-0.1, -0.05) is 122 Å². The summed E-state index contributed by atoms with van der Waals surface area (Å²) in [7, 11) is -4.60. The highest BCUT2D eigenvalue weighted by molar-refractivity contribution is 7.85. The molecule has 1 aliphatic heterocycles. The molecule has 4 N–H and O–H groups in total.